The molecule has 0 aliphatic heterocycles. The molecule has 0 aliphatic rings. The molecule has 0 radical (unpaired) electrons. The summed E-state index contributed by atoms with van der Waals surface area (Å²) in [5, 5.41) is 5.73. The molecule has 6 nitrogen and oxygen atoms in total. The summed E-state index contributed by atoms with van der Waals surface area (Å²) < 4.78 is 5.71. The second kappa shape index (κ2) is 10.1. The van der Waals surface area contributed by atoms with Gasteiger partial charge in [-0.2, -0.15) is 0 Å². The van der Waals surface area contributed by atoms with Crippen molar-refractivity contribution >= 4 is 39.1 Å². The zero-order valence-corrected chi connectivity index (χ0v) is 17.3. The van der Waals surface area contributed by atoms with E-state index >= 15 is 0 Å². The summed E-state index contributed by atoms with van der Waals surface area (Å²) in [5.74, 6) is -0.432. The molecule has 0 saturated carbocycles. The van der Waals surface area contributed by atoms with Crippen LogP contribution in [-0.4, -0.2) is 46.2 Å². The van der Waals surface area contributed by atoms with Crippen LogP contribution < -0.4 is 15.5 Å². The third-order valence-electron chi connectivity index (χ3n) is 3.91. The molecule has 0 unspecified atom stereocenters. The molecular weight excluding hydrogens is 410 g/mol. The van der Waals surface area contributed by atoms with E-state index in [1.54, 1.807) is 31.4 Å². The second-order valence-electron chi connectivity index (χ2n) is 6.16. The summed E-state index contributed by atoms with van der Waals surface area (Å²) in [6.07, 6.45) is 0.734. The molecule has 0 bridgehead atoms. The highest BCUT2D eigenvalue weighted by molar-refractivity contribution is 9.10. The van der Waals surface area contributed by atoms with Crippen LogP contribution in [0.25, 0.3) is 0 Å². The molecule has 0 aromatic heterocycles. The van der Waals surface area contributed by atoms with Gasteiger partial charge in [-0.05, 0) is 52.7 Å². The molecule has 2 N–H and O–H groups in total. The van der Waals surface area contributed by atoms with Gasteiger partial charge in [-0.3, -0.25) is 9.59 Å². The molecule has 7 heteroatoms. The summed E-state index contributed by atoms with van der Waals surface area (Å²) in [5.41, 5.74) is 2.36. The Morgan fingerprint density at radius 1 is 1.07 bits per heavy atom. The number of nitrogens with one attached hydrogen (secondary N) is 2. The molecule has 2 amide bonds. The number of hydrogen-bond acceptors (Lipinski definition) is 4. The molecule has 0 heterocycles. The lowest BCUT2D eigenvalue weighted by atomic mass is 10.1. The number of anilines is 2. The van der Waals surface area contributed by atoms with Gasteiger partial charge >= 0.3 is 0 Å². The van der Waals surface area contributed by atoms with Crippen LogP contribution in [0.3, 0.4) is 0 Å². The number of halogens is 1. The van der Waals surface area contributed by atoms with E-state index in [1.807, 2.05) is 37.2 Å². The van der Waals surface area contributed by atoms with E-state index in [-0.39, 0.29) is 11.8 Å². The molecule has 0 spiro atoms. The minimum Gasteiger partial charge on any atom is -0.385 e. The Hall–Kier alpha value is -2.38. The van der Waals surface area contributed by atoms with E-state index in [0.29, 0.717) is 34.4 Å². The Balaban J connectivity index is 2.20. The maximum atomic E-state index is 12.6. The lowest BCUT2D eigenvalue weighted by Gasteiger charge is -2.18. The zero-order chi connectivity index (χ0) is 19.8. The molecular formula is C20H24BrN3O3. The van der Waals surface area contributed by atoms with Crippen LogP contribution in [0.4, 0.5) is 11.4 Å². The van der Waals surface area contributed by atoms with Crippen molar-refractivity contribution in [2.24, 2.45) is 0 Å². The first-order valence-electron chi connectivity index (χ1n) is 8.58. The van der Waals surface area contributed by atoms with Crippen molar-refractivity contribution in [3.05, 3.63) is 58.1 Å². The first-order valence-corrected chi connectivity index (χ1v) is 9.37. The topological polar surface area (TPSA) is 70.7 Å². The van der Waals surface area contributed by atoms with Gasteiger partial charge in [-0.1, -0.05) is 12.1 Å². The van der Waals surface area contributed by atoms with Gasteiger partial charge in [0.2, 0.25) is 0 Å². The molecule has 2 aromatic carbocycles. The van der Waals surface area contributed by atoms with Crippen LogP contribution in [-0.2, 0) is 4.74 Å². The lowest BCUT2D eigenvalue weighted by Crippen LogP contribution is -2.27. The molecule has 0 saturated heterocycles. The summed E-state index contributed by atoms with van der Waals surface area (Å²) in [6, 6.07) is 12.5. The van der Waals surface area contributed by atoms with E-state index in [1.165, 1.54) is 0 Å². The Morgan fingerprint density at radius 2 is 1.81 bits per heavy atom. The summed E-state index contributed by atoms with van der Waals surface area (Å²) in [6.45, 7) is 1.11. The Kier molecular flexibility index (Phi) is 7.82. The summed E-state index contributed by atoms with van der Waals surface area (Å²) >= 11 is 3.38. The maximum Gasteiger partial charge on any atom is 0.256 e. The lowest BCUT2D eigenvalue weighted by molar-refractivity contribution is 0.0947. The van der Waals surface area contributed by atoms with Crippen molar-refractivity contribution in [2.75, 3.05) is 44.6 Å². The van der Waals surface area contributed by atoms with Crippen molar-refractivity contribution in [1.82, 2.24) is 5.32 Å². The zero-order valence-electron chi connectivity index (χ0n) is 15.7. The highest BCUT2D eigenvalue weighted by Gasteiger charge is 2.16. The van der Waals surface area contributed by atoms with Gasteiger partial charge in [0, 0.05) is 50.2 Å². The number of hydrogen-bond donors (Lipinski definition) is 2. The van der Waals surface area contributed by atoms with Gasteiger partial charge in [0.15, 0.2) is 0 Å². The average molecular weight is 434 g/mol. The maximum absolute atomic E-state index is 12.6. The molecule has 0 aliphatic carbocycles. The van der Waals surface area contributed by atoms with Gasteiger partial charge < -0.3 is 20.3 Å². The SMILES string of the molecule is COCCCNC(=O)c1cc(NC(=O)c2ccccc2Br)ccc1N(C)C. The van der Waals surface area contributed by atoms with E-state index < -0.39 is 0 Å². The first-order chi connectivity index (χ1) is 12.9. The first kappa shape index (κ1) is 20.9. The molecule has 0 fully saturated rings. The quantitative estimate of drug-likeness (QED) is 0.624. The minimum atomic E-state index is -0.244. The van der Waals surface area contributed by atoms with Crippen molar-refractivity contribution in [2.45, 2.75) is 6.42 Å². The number of amides is 2. The van der Waals surface area contributed by atoms with Crippen LogP contribution in [0, 0.1) is 0 Å². The Morgan fingerprint density at radius 3 is 2.48 bits per heavy atom. The van der Waals surface area contributed by atoms with E-state index in [0.717, 1.165) is 12.1 Å². The third kappa shape index (κ3) is 5.80. The monoisotopic (exact) mass is 433 g/mol. The van der Waals surface area contributed by atoms with Gasteiger partial charge in [-0.25, -0.2) is 0 Å². The third-order valence-corrected chi connectivity index (χ3v) is 4.60. The van der Waals surface area contributed by atoms with E-state index in [4.69, 9.17) is 4.74 Å². The smallest absolute Gasteiger partial charge is 0.256 e. The van der Waals surface area contributed by atoms with Gasteiger partial charge in [-0.15, -0.1) is 0 Å². The number of carbonyl (C=O) groups excluding carboxylic acids is 2. The predicted molar refractivity (Wildman–Crippen MR) is 112 cm³/mol. The number of benzene rings is 2. The van der Waals surface area contributed by atoms with E-state index in [2.05, 4.69) is 26.6 Å². The highest BCUT2D eigenvalue weighted by Crippen LogP contribution is 2.24. The molecule has 144 valence electrons. The van der Waals surface area contributed by atoms with Crippen LogP contribution >= 0.6 is 15.9 Å². The van der Waals surface area contributed by atoms with Crippen LogP contribution in [0.1, 0.15) is 27.1 Å². The van der Waals surface area contributed by atoms with Crippen molar-refractivity contribution < 1.29 is 14.3 Å². The summed E-state index contributed by atoms with van der Waals surface area (Å²) in [4.78, 5) is 27.0. The number of rotatable bonds is 8. The van der Waals surface area contributed by atoms with Crippen LogP contribution in [0.2, 0.25) is 0 Å². The van der Waals surface area contributed by atoms with Crippen LogP contribution in [0.5, 0.6) is 0 Å². The van der Waals surface area contributed by atoms with Crippen LogP contribution in [0.15, 0.2) is 46.9 Å². The second-order valence-corrected chi connectivity index (χ2v) is 7.02. The number of nitrogens with zero attached hydrogens (tertiary/aromatic N) is 1. The molecule has 0 atom stereocenters. The van der Waals surface area contributed by atoms with Gasteiger partial charge in [0.05, 0.1) is 11.1 Å². The summed E-state index contributed by atoms with van der Waals surface area (Å²) in [7, 11) is 5.37. The Bertz CT molecular complexity index is 809. The fourth-order valence-electron chi connectivity index (χ4n) is 2.54. The van der Waals surface area contributed by atoms with Crippen molar-refractivity contribution in [3.8, 4) is 0 Å². The highest BCUT2D eigenvalue weighted by atomic mass is 79.9. The minimum absolute atomic E-state index is 0.188. The molecule has 2 rings (SSSR count). The number of methoxy groups -OCH3 is 1. The molecule has 27 heavy (non-hydrogen) atoms. The van der Waals surface area contributed by atoms with Gasteiger partial charge in [0.25, 0.3) is 11.8 Å². The fourth-order valence-corrected chi connectivity index (χ4v) is 3.01. The normalized spacial score (nSPS) is 10.4. The Labute approximate surface area is 168 Å². The molecule has 2 aromatic rings. The number of ether oxygens (including phenoxy) is 1. The van der Waals surface area contributed by atoms with Gasteiger partial charge in [0.1, 0.15) is 0 Å². The number of carbonyl (C=O) groups is 2. The average Bonchev–Trinajstić information content (AvgIpc) is 2.65. The van der Waals surface area contributed by atoms with Crippen molar-refractivity contribution in [3.63, 3.8) is 0 Å². The standard InChI is InChI=1S/C20H24BrN3O3/c1-24(2)18-10-9-14(13-16(18)19(25)22-11-6-12-27-3)23-20(26)15-7-4-5-8-17(15)21/h4-5,7-10,13H,6,11-12H2,1-3H3,(H,22,25)(H,23,26). The van der Waals surface area contributed by atoms with Crippen molar-refractivity contribution in [1.29, 1.82) is 0 Å². The largest absolute Gasteiger partial charge is 0.385 e. The van der Waals surface area contributed by atoms with E-state index in [9.17, 15) is 9.59 Å². The predicted octanol–water partition coefficient (Wildman–Crippen LogP) is 3.53. The fraction of sp³-hybridized carbons (Fsp3) is 0.300.